The third-order valence-electron chi connectivity index (χ3n) is 2.88. The minimum absolute atomic E-state index is 0.109. The van der Waals surface area contributed by atoms with Crippen LogP contribution in [0.2, 0.25) is 0 Å². The molecule has 1 aromatic heterocycles. The number of hydrogen-bond acceptors (Lipinski definition) is 2. The van der Waals surface area contributed by atoms with E-state index in [1.165, 1.54) is 5.56 Å². The molecule has 0 aliphatic heterocycles. The highest BCUT2D eigenvalue weighted by Gasteiger charge is 2.10. The van der Waals surface area contributed by atoms with Crippen molar-refractivity contribution in [1.82, 2.24) is 9.55 Å². The number of imidazole rings is 1. The minimum atomic E-state index is 0.109. The van der Waals surface area contributed by atoms with Crippen molar-refractivity contribution in [3.8, 4) is 0 Å². The first-order chi connectivity index (χ1) is 8.16. The van der Waals surface area contributed by atoms with Crippen molar-refractivity contribution >= 4 is 5.78 Å². The van der Waals surface area contributed by atoms with Gasteiger partial charge in [-0.2, -0.15) is 0 Å². The van der Waals surface area contributed by atoms with E-state index in [9.17, 15) is 4.79 Å². The summed E-state index contributed by atoms with van der Waals surface area (Å²) in [6.45, 7) is 1.90. The molecule has 0 N–H and O–H groups in total. The van der Waals surface area contributed by atoms with Crippen molar-refractivity contribution in [2.24, 2.45) is 7.05 Å². The Balaban J connectivity index is 1.98. The molecule has 2 rings (SSSR count). The molecule has 1 aromatic carbocycles. The van der Waals surface area contributed by atoms with Crippen LogP contribution in [0.1, 0.15) is 28.3 Å². The molecule has 0 bridgehead atoms. The zero-order chi connectivity index (χ0) is 12.3. The first-order valence-electron chi connectivity index (χ1n) is 5.74. The normalized spacial score (nSPS) is 10.5. The number of benzene rings is 1. The van der Waals surface area contributed by atoms with Gasteiger partial charge in [0.15, 0.2) is 5.78 Å². The Morgan fingerprint density at radius 1 is 1.29 bits per heavy atom. The second-order valence-corrected chi connectivity index (χ2v) is 4.19. The first-order valence-corrected chi connectivity index (χ1v) is 5.74. The van der Waals surface area contributed by atoms with Gasteiger partial charge in [0.05, 0.1) is 0 Å². The maximum atomic E-state index is 11.9. The van der Waals surface area contributed by atoms with Crippen LogP contribution < -0.4 is 0 Å². The molecule has 88 valence electrons. The number of nitrogens with zero attached hydrogens (tertiary/aromatic N) is 2. The van der Waals surface area contributed by atoms with E-state index in [0.717, 1.165) is 12.2 Å². The van der Waals surface area contributed by atoms with Gasteiger partial charge >= 0.3 is 0 Å². The van der Waals surface area contributed by atoms with Crippen molar-refractivity contribution in [3.05, 3.63) is 53.6 Å². The summed E-state index contributed by atoms with van der Waals surface area (Å²) in [6.07, 6.45) is 3.08. The molecule has 0 amide bonds. The van der Waals surface area contributed by atoms with Gasteiger partial charge in [-0.25, -0.2) is 4.98 Å². The molecule has 0 radical (unpaired) electrons. The summed E-state index contributed by atoms with van der Waals surface area (Å²) in [5.41, 5.74) is 1.76. The highest BCUT2D eigenvalue weighted by Crippen LogP contribution is 2.08. The number of aryl methyl sites for hydroxylation is 3. The minimum Gasteiger partial charge on any atom is -0.337 e. The summed E-state index contributed by atoms with van der Waals surface area (Å²) in [5.74, 6) is 0.977. The van der Waals surface area contributed by atoms with Crippen molar-refractivity contribution in [2.75, 3.05) is 0 Å². The topological polar surface area (TPSA) is 34.9 Å². The van der Waals surface area contributed by atoms with Gasteiger partial charge in [-0.1, -0.05) is 30.3 Å². The molecular weight excluding hydrogens is 212 g/mol. The quantitative estimate of drug-likeness (QED) is 0.754. The Morgan fingerprint density at radius 2 is 2.00 bits per heavy atom. The van der Waals surface area contributed by atoms with Crippen LogP contribution >= 0.6 is 0 Å². The second kappa shape index (κ2) is 4.95. The van der Waals surface area contributed by atoms with Gasteiger partial charge < -0.3 is 4.57 Å². The molecule has 0 atom stereocenters. The lowest BCUT2D eigenvalue weighted by molar-refractivity contribution is 0.0978. The van der Waals surface area contributed by atoms with Gasteiger partial charge in [-0.3, -0.25) is 4.79 Å². The lowest BCUT2D eigenvalue weighted by atomic mass is 10.1. The van der Waals surface area contributed by atoms with Crippen LogP contribution in [0.25, 0.3) is 0 Å². The predicted molar refractivity (Wildman–Crippen MR) is 67.0 cm³/mol. The van der Waals surface area contributed by atoms with Crippen molar-refractivity contribution in [3.63, 3.8) is 0 Å². The fourth-order valence-electron chi connectivity index (χ4n) is 1.72. The van der Waals surface area contributed by atoms with E-state index in [2.05, 4.69) is 4.98 Å². The molecule has 0 saturated heterocycles. The van der Waals surface area contributed by atoms with E-state index in [4.69, 9.17) is 0 Å². The summed E-state index contributed by atoms with van der Waals surface area (Å²) in [4.78, 5) is 16.1. The standard InChI is InChI=1S/C14H16N2O/c1-11-15-13(10-16(11)2)14(17)9-8-12-6-4-3-5-7-12/h3-7,10H,8-9H2,1-2H3. The molecule has 0 saturated carbocycles. The van der Waals surface area contributed by atoms with Gasteiger partial charge in [0.1, 0.15) is 11.5 Å². The van der Waals surface area contributed by atoms with Crippen molar-refractivity contribution in [1.29, 1.82) is 0 Å². The van der Waals surface area contributed by atoms with Crippen LogP contribution in [-0.2, 0) is 13.5 Å². The summed E-state index contributed by atoms with van der Waals surface area (Å²) >= 11 is 0. The van der Waals surface area contributed by atoms with E-state index >= 15 is 0 Å². The van der Waals surface area contributed by atoms with E-state index in [-0.39, 0.29) is 5.78 Å². The first kappa shape index (κ1) is 11.6. The second-order valence-electron chi connectivity index (χ2n) is 4.19. The Bertz CT molecular complexity index is 495. The molecule has 0 spiro atoms. The van der Waals surface area contributed by atoms with Crippen LogP contribution in [0.5, 0.6) is 0 Å². The summed E-state index contributed by atoms with van der Waals surface area (Å²) in [5, 5.41) is 0. The fourth-order valence-corrected chi connectivity index (χ4v) is 1.72. The van der Waals surface area contributed by atoms with Gasteiger partial charge in [-0.05, 0) is 18.9 Å². The number of aromatic nitrogens is 2. The molecule has 0 fully saturated rings. The zero-order valence-electron chi connectivity index (χ0n) is 10.2. The van der Waals surface area contributed by atoms with E-state index in [0.29, 0.717) is 12.1 Å². The molecule has 0 unspecified atom stereocenters. The largest absolute Gasteiger partial charge is 0.337 e. The van der Waals surface area contributed by atoms with Crippen LogP contribution in [0.3, 0.4) is 0 Å². The zero-order valence-corrected chi connectivity index (χ0v) is 10.2. The SMILES string of the molecule is Cc1nc(C(=O)CCc2ccccc2)cn1C. The van der Waals surface area contributed by atoms with Crippen LogP contribution in [0, 0.1) is 6.92 Å². The Labute approximate surface area is 101 Å². The third-order valence-corrected chi connectivity index (χ3v) is 2.88. The summed E-state index contributed by atoms with van der Waals surface area (Å²) in [6, 6.07) is 10.0. The van der Waals surface area contributed by atoms with Crippen molar-refractivity contribution in [2.45, 2.75) is 19.8 Å². The van der Waals surface area contributed by atoms with Gasteiger partial charge in [0.25, 0.3) is 0 Å². The molecule has 0 aliphatic rings. The molecule has 3 nitrogen and oxygen atoms in total. The number of carbonyl (C=O) groups is 1. The molecule has 3 heteroatoms. The van der Waals surface area contributed by atoms with E-state index in [1.807, 2.05) is 48.9 Å². The average Bonchev–Trinajstić information content (AvgIpc) is 2.68. The number of Topliss-reactive ketones (excluding diaryl/α,β-unsaturated/α-hetero) is 1. The maximum Gasteiger partial charge on any atom is 0.183 e. The molecule has 1 heterocycles. The molecule has 17 heavy (non-hydrogen) atoms. The number of hydrogen-bond donors (Lipinski definition) is 0. The predicted octanol–water partition coefficient (Wildman–Crippen LogP) is 2.54. The maximum absolute atomic E-state index is 11.9. The van der Waals surface area contributed by atoms with Crippen LogP contribution in [0.15, 0.2) is 36.5 Å². The van der Waals surface area contributed by atoms with Gasteiger partial charge in [0, 0.05) is 19.7 Å². The number of ketones is 1. The monoisotopic (exact) mass is 228 g/mol. The van der Waals surface area contributed by atoms with Crippen LogP contribution in [0.4, 0.5) is 0 Å². The highest BCUT2D eigenvalue weighted by molar-refractivity contribution is 5.94. The number of carbonyl (C=O) groups excluding carboxylic acids is 1. The summed E-state index contributed by atoms with van der Waals surface area (Å²) in [7, 11) is 1.90. The van der Waals surface area contributed by atoms with Crippen molar-refractivity contribution < 1.29 is 4.79 Å². The Morgan fingerprint density at radius 3 is 2.59 bits per heavy atom. The van der Waals surface area contributed by atoms with E-state index in [1.54, 1.807) is 6.20 Å². The Kier molecular flexibility index (Phi) is 3.38. The third kappa shape index (κ3) is 2.81. The fraction of sp³-hybridized carbons (Fsp3) is 0.286. The van der Waals surface area contributed by atoms with Gasteiger partial charge in [0.2, 0.25) is 0 Å². The Hall–Kier alpha value is -1.90. The van der Waals surface area contributed by atoms with E-state index < -0.39 is 0 Å². The lowest BCUT2D eigenvalue weighted by Crippen LogP contribution is -2.01. The highest BCUT2D eigenvalue weighted by atomic mass is 16.1. The molecule has 0 aliphatic carbocycles. The summed E-state index contributed by atoms with van der Waals surface area (Å²) < 4.78 is 1.87. The number of rotatable bonds is 4. The molecule has 2 aromatic rings. The van der Waals surface area contributed by atoms with Gasteiger partial charge in [-0.15, -0.1) is 0 Å². The smallest absolute Gasteiger partial charge is 0.183 e. The van der Waals surface area contributed by atoms with Crippen LogP contribution in [-0.4, -0.2) is 15.3 Å². The average molecular weight is 228 g/mol. The lowest BCUT2D eigenvalue weighted by Gasteiger charge is -1.98. The molecular formula is C14H16N2O.